The Kier molecular flexibility index (Phi) is 4.35. The smallest absolute Gasteiger partial charge is 0.190 e. The maximum absolute atomic E-state index is 12.4. The second-order valence-corrected chi connectivity index (χ2v) is 10.2. The van der Waals surface area contributed by atoms with Gasteiger partial charge in [0.1, 0.15) is 12.2 Å². The van der Waals surface area contributed by atoms with Gasteiger partial charge in [0.2, 0.25) is 0 Å². The standard InChI is InChI=1S/C21H34O5/c1-19-7-5-13(23)9-12(19)3-4-14-15-6-8-21(26,17(25)11-22)20(15,2)10-16(24)18(14)19/h12-16,18,22-24,26H,3-11H2,1-2H3/t12-,13+,14-,15-,16-,18+,19-,20-,21-/m0/s1. The van der Waals surface area contributed by atoms with E-state index in [2.05, 4.69) is 6.92 Å². The Labute approximate surface area is 155 Å². The molecule has 5 nitrogen and oxygen atoms in total. The van der Waals surface area contributed by atoms with Crippen LogP contribution in [0.1, 0.15) is 65.2 Å². The van der Waals surface area contributed by atoms with Crippen molar-refractivity contribution in [2.24, 2.45) is 34.5 Å². The average molecular weight is 366 g/mol. The number of rotatable bonds is 2. The Morgan fingerprint density at radius 1 is 1.08 bits per heavy atom. The van der Waals surface area contributed by atoms with Crippen LogP contribution >= 0.6 is 0 Å². The molecule has 148 valence electrons. The van der Waals surface area contributed by atoms with Crippen LogP contribution in [0.25, 0.3) is 0 Å². The van der Waals surface area contributed by atoms with E-state index in [-0.39, 0.29) is 23.4 Å². The van der Waals surface area contributed by atoms with Crippen LogP contribution in [0.3, 0.4) is 0 Å². The predicted molar refractivity (Wildman–Crippen MR) is 96.2 cm³/mol. The Bertz CT molecular complexity index is 593. The fourth-order valence-corrected chi connectivity index (χ4v) is 7.95. The van der Waals surface area contributed by atoms with Crippen molar-refractivity contribution in [1.29, 1.82) is 0 Å². The predicted octanol–water partition coefficient (Wildman–Crippen LogP) is 1.65. The molecule has 0 spiro atoms. The van der Waals surface area contributed by atoms with Gasteiger partial charge in [-0.1, -0.05) is 13.8 Å². The topological polar surface area (TPSA) is 98.0 Å². The van der Waals surface area contributed by atoms with E-state index in [9.17, 15) is 25.2 Å². The summed E-state index contributed by atoms with van der Waals surface area (Å²) in [6.07, 6.45) is 5.48. The summed E-state index contributed by atoms with van der Waals surface area (Å²) in [6.45, 7) is 3.61. The minimum atomic E-state index is -1.52. The molecule has 0 unspecified atom stereocenters. The van der Waals surface area contributed by atoms with E-state index >= 15 is 0 Å². The van der Waals surface area contributed by atoms with Gasteiger partial charge in [0.05, 0.1) is 12.2 Å². The number of carbonyl (C=O) groups is 1. The lowest BCUT2D eigenvalue weighted by atomic mass is 9.43. The first-order valence-electron chi connectivity index (χ1n) is 10.4. The lowest BCUT2D eigenvalue weighted by molar-refractivity contribution is -0.202. The van der Waals surface area contributed by atoms with Crippen molar-refractivity contribution in [2.45, 2.75) is 83.0 Å². The van der Waals surface area contributed by atoms with E-state index in [4.69, 9.17) is 0 Å². The Morgan fingerprint density at radius 3 is 2.50 bits per heavy atom. The molecule has 9 atom stereocenters. The second-order valence-electron chi connectivity index (χ2n) is 10.2. The maximum atomic E-state index is 12.4. The summed E-state index contributed by atoms with van der Waals surface area (Å²) in [5.41, 5.74) is -2.14. The van der Waals surface area contributed by atoms with Gasteiger partial charge in [-0.25, -0.2) is 0 Å². The normalized spacial score (nSPS) is 56.4. The minimum absolute atomic E-state index is 0.0323. The summed E-state index contributed by atoms with van der Waals surface area (Å²) in [6, 6.07) is 0. The van der Waals surface area contributed by atoms with Crippen molar-refractivity contribution in [3.63, 3.8) is 0 Å². The van der Waals surface area contributed by atoms with Gasteiger partial charge in [0, 0.05) is 5.41 Å². The number of fused-ring (bicyclic) bond motifs is 5. The number of aliphatic hydroxyl groups is 4. The number of hydrogen-bond acceptors (Lipinski definition) is 5. The van der Waals surface area contributed by atoms with Crippen LogP contribution in [0.15, 0.2) is 0 Å². The van der Waals surface area contributed by atoms with Crippen LogP contribution in [-0.2, 0) is 4.79 Å². The van der Waals surface area contributed by atoms with Crippen molar-refractivity contribution in [2.75, 3.05) is 6.61 Å². The zero-order valence-electron chi connectivity index (χ0n) is 16.0. The summed E-state index contributed by atoms with van der Waals surface area (Å²) >= 11 is 0. The van der Waals surface area contributed by atoms with E-state index in [0.717, 1.165) is 38.5 Å². The molecule has 4 saturated carbocycles. The third-order valence-corrected chi connectivity index (χ3v) is 9.33. The third kappa shape index (κ3) is 2.27. The molecule has 0 bridgehead atoms. The zero-order valence-corrected chi connectivity index (χ0v) is 16.0. The molecule has 0 aromatic rings. The average Bonchev–Trinajstić information content (AvgIpc) is 2.86. The monoisotopic (exact) mass is 366 g/mol. The molecule has 4 rings (SSSR count). The Hall–Kier alpha value is -0.490. The quantitative estimate of drug-likeness (QED) is 0.596. The molecule has 0 aromatic carbocycles. The SMILES string of the molecule is C[C@]12CC[C@@H](O)C[C@@H]1CC[C@@H]1[C@@H]2[C@@H](O)C[C@@]2(C)[C@H]1CC[C@]2(O)C(=O)CO. The van der Waals surface area contributed by atoms with Crippen LogP contribution in [0, 0.1) is 34.5 Å². The molecular weight excluding hydrogens is 332 g/mol. The second kappa shape index (κ2) is 6.00. The van der Waals surface area contributed by atoms with Gasteiger partial charge in [-0.3, -0.25) is 4.79 Å². The third-order valence-electron chi connectivity index (χ3n) is 9.33. The summed E-state index contributed by atoms with van der Waals surface area (Å²) in [5, 5.41) is 41.9. The Balaban J connectivity index is 1.69. The van der Waals surface area contributed by atoms with Gasteiger partial charge < -0.3 is 20.4 Å². The number of carbonyl (C=O) groups excluding carboxylic acids is 1. The molecule has 0 amide bonds. The van der Waals surface area contributed by atoms with Crippen LogP contribution < -0.4 is 0 Å². The van der Waals surface area contributed by atoms with Gasteiger partial charge in [-0.15, -0.1) is 0 Å². The molecule has 0 saturated heterocycles. The van der Waals surface area contributed by atoms with E-state index < -0.39 is 29.5 Å². The van der Waals surface area contributed by atoms with Crippen LogP contribution in [0.2, 0.25) is 0 Å². The molecule has 4 aliphatic rings. The highest BCUT2D eigenvalue weighted by Gasteiger charge is 2.68. The van der Waals surface area contributed by atoms with Crippen molar-refractivity contribution in [3.8, 4) is 0 Å². The molecule has 0 aromatic heterocycles. The summed E-state index contributed by atoms with van der Waals surface area (Å²) < 4.78 is 0. The van der Waals surface area contributed by atoms with Crippen LogP contribution in [0.5, 0.6) is 0 Å². The van der Waals surface area contributed by atoms with Crippen LogP contribution in [0.4, 0.5) is 0 Å². The molecule has 0 aliphatic heterocycles. The summed E-state index contributed by atoms with van der Waals surface area (Å²) in [4.78, 5) is 12.4. The van der Waals surface area contributed by atoms with Gasteiger partial charge in [0.25, 0.3) is 0 Å². The minimum Gasteiger partial charge on any atom is -0.393 e. The molecule has 0 heterocycles. The number of ketones is 1. The maximum Gasteiger partial charge on any atom is 0.190 e. The Morgan fingerprint density at radius 2 is 1.81 bits per heavy atom. The first-order valence-corrected chi connectivity index (χ1v) is 10.4. The van der Waals surface area contributed by atoms with E-state index in [1.165, 1.54) is 0 Å². The largest absolute Gasteiger partial charge is 0.393 e. The van der Waals surface area contributed by atoms with Gasteiger partial charge in [0.15, 0.2) is 5.78 Å². The number of aliphatic hydroxyl groups excluding tert-OH is 3. The fourth-order valence-electron chi connectivity index (χ4n) is 7.95. The number of hydrogen-bond donors (Lipinski definition) is 4. The molecule has 0 radical (unpaired) electrons. The first kappa shape index (κ1) is 18.9. The van der Waals surface area contributed by atoms with E-state index in [1.54, 1.807) is 0 Å². The summed E-state index contributed by atoms with van der Waals surface area (Å²) in [5.74, 6) is 0.653. The highest BCUT2D eigenvalue weighted by Crippen LogP contribution is 2.68. The van der Waals surface area contributed by atoms with Gasteiger partial charge in [-0.2, -0.15) is 0 Å². The van der Waals surface area contributed by atoms with Crippen LogP contribution in [-0.4, -0.2) is 50.6 Å². The lowest BCUT2D eigenvalue weighted by Gasteiger charge is -2.62. The van der Waals surface area contributed by atoms with Gasteiger partial charge >= 0.3 is 0 Å². The first-order chi connectivity index (χ1) is 12.2. The lowest BCUT2D eigenvalue weighted by Crippen LogP contribution is -2.63. The molecule has 5 heteroatoms. The molecule has 4 fully saturated rings. The molecule has 4 aliphatic carbocycles. The van der Waals surface area contributed by atoms with Crippen molar-refractivity contribution in [3.05, 3.63) is 0 Å². The fraction of sp³-hybridized carbons (Fsp3) is 0.952. The molecule has 26 heavy (non-hydrogen) atoms. The van der Waals surface area contributed by atoms with E-state index in [0.29, 0.717) is 24.7 Å². The van der Waals surface area contributed by atoms with Crippen molar-refractivity contribution < 1.29 is 25.2 Å². The van der Waals surface area contributed by atoms with Crippen molar-refractivity contribution in [1.82, 2.24) is 0 Å². The highest BCUT2D eigenvalue weighted by atomic mass is 16.3. The summed E-state index contributed by atoms with van der Waals surface area (Å²) in [7, 11) is 0. The molecule has 4 N–H and O–H groups in total. The number of Topliss-reactive ketones (excluding diaryl/α,β-unsaturated/α-hetero) is 1. The molecular formula is C21H34O5. The highest BCUT2D eigenvalue weighted by molar-refractivity contribution is 5.89. The zero-order chi connectivity index (χ0) is 18.9. The van der Waals surface area contributed by atoms with Crippen molar-refractivity contribution >= 4 is 5.78 Å². The van der Waals surface area contributed by atoms with Gasteiger partial charge in [-0.05, 0) is 80.5 Å². The van der Waals surface area contributed by atoms with E-state index in [1.807, 2.05) is 6.92 Å².